The van der Waals surface area contributed by atoms with Crippen molar-refractivity contribution in [1.82, 2.24) is 10.2 Å². The smallest absolute Gasteiger partial charge is 0.00133 e. The molecule has 14 heavy (non-hydrogen) atoms. The van der Waals surface area contributed by atoms with Gasteiger partial charge in [-0.2, -0.15) is 0 Å². The number of likely N-dealkylation sites (tertiary alicyclic amines) is 1. The van der Waals surface area contributed by atoms with Gasteiger partial charge in [-0.15, -0.1) is 0 Å². The van der Waals surface area contributed by atoms with Crippen molar-refractivity contribution in [2.75, 3.05) is 33.7 Å². The minimum absolute atomic E-state index is 0.575. The van der Waals surface area contributed by atoms with Crippen molar-refractivity contribution in [3.05, 3.63) is 0 Å². The van der Waals surface area contributed by atoms with Crippen molar-refractivity contribution >= 4 is 0 Å². The molecule has 1 saturated carbocycles. The zero-order valence-electron chi connectivity index (χ0n) is 10.1. The molecule has 1 aliphatic heterocycles. The van der Waals surface area contributed by atoms with Crippen LogP contribution in [0.15, 0.2) is 0 Å². The summed E-state index contributed by atoms with van der Waals surface area (Å²) in [6.07, 6.45) is 2.82. The number of nitrogens with zero attached hydrogens (tertiary/aromatic N) is 1. The van der Waals surface area contributed by atoms with Gasteiger partial charge in [-0.1, -0.05) is 13.8 Å². The summed E-state index contributed by atoms with van der Waals surface area (Å²) in [5.74, 6) is 0.926. The first-order valence-electron chi connectivity index (χ1n) is 5.85. The minimum atomic E-state index is 0.575. The normalized spacial score (nSPS) is 41.6. The van der Waals surface area contributed by atoms with Gasteiger partial charge in [0.05, 0.1) is 0 Å². The highest BCUT2D eigenvalue weighted by Crippen LogP contribution is 2.68. The van der Waals surface area contributed by atoms with E-state index in [9.17, 15) is 0 Å². The fourth-order valence-corrected chi connectivity index (χ4v) is 3.59. The first kappa shape index (κ1) is 10.4. The fourth-order valence-electron chi connectivity index (χ4n) is 3.59. The highest BCUT2D eigenvalue weighted by molar-refractivity contribution is 5.14. The second-order valence-electron chi connectivity index (χ2n) is 5.99. The molecule has 0 amide bonds. The quantitative estimate of drug-likeness (QED) is 0.737. The summed E-state index contributed by atoms with van der Waals surface area (Å²) in [4.78, 5) is 2.48. The predicted molar refractivity (Wildman–Crippen MR) is 60.4 cm³/mol. The topological polar surface area (TPSA) is 15.3 Å². The Morgan fingerprint density at radius 1 is 1.43 bits per heavy atom. The molecular formula is C12H24N2. The largest absolute Gasteiger partial charge is 0.319 e. The molecule has 2 nitrogen and oxygen atoms in total. The van der Waals surface area contributed by atoms with Crippen LogP contribution in [0.3, 0.4) is 0 Å². The van der Waals surface area contributed by atoms with Gasteiger partial charge in [-0.05, 0) is 50.2 Å². The molecule has 0 bridgehead atoms. The lowest BCUT2D eigenvalue weighted by atomic mass is 9.82. The second kappa shape index (κ2) is 3.21. The summed E-state index contributed by atoms with van der Waals surface area (Å²) in [5.41, 5.74) is 1.18. The van der Waals surface area contributed by atoms with Gasteiger partial charge in [0.15, 0.2) is 0 Å². The number of rotatable bonds is 3. The molecule has 2 atom stereocenters. The Labute approximate surface area is 88.1 Å². The molecule has 1 saturated heterocycles. The molecule has 0 spiro atoms. The zero-order valence-corrected chi connectivity index (χ0v) is 10.1. The standard InChI is InChI=1S/C12H24N2/c1-11(2)8-12(11,9-13-3)10-5-6-14(4)7-10/h10,13H,5-9H2,1-4H3. The molecule has 0 aromatic heterocycles. The van der Waals surface area contributed by atoms with Crippen LogP contribution < -0.4 is 5.32 Å². The summed E-state index contributed by atoms with van der Waals surface area (Å²) in [5, 5.41) is 3.40. The number of hydrogen-bond donors (Lipinski definition) is 1. The van der Waals surface area contributed by atoms with Crippen molar-refractivity contribution in [2.24, 2.45) is 16.7 Å². The van der Waals surface area contributed by atoms with Crippen LogP contribution in [0.5, 0.6) is 0 Å². The van der Waals surface area contributed by atoms with Crippen molar-refractivity contribution in [1.29, 1.82) is 0 Å². The Morgan fingerprint density at radius 3 is 2.43 bits per heavy atom. The van der Waals surface area contributed by atoms with E-state index in [-0.39, 0.29) is 0 Å². The molecule has 2 rings (SSSR count). The molecular weight excluding hydrogens is 172 g/mol. The highest BCUT2D eigenvalue weighted by atomic mass is 15.1. The van der Waals surface area contributed by atoms with Gasteiger partial charge in [-0.25, -0.2) is 0 Å². The summed E-state index contributed by atoms with van der Waals surface area (Å²) in [7, 11) is 4.34. The maximum atomic E-state index is 3.40. The first-order valence-corrected chi connectivity index (χ1v) is 5.85. The monoisotopic (exact) mass is 196 g/mol. The molecule has 2 heteroatoms. The van der Waals surface area contributed by atoms with E-state index in [1.807, 2.05) is 0 Å². The van der Waals surface area contributed by atoms with E-state index in [1.165, 1.54) is 32.5 Å². The van der Waals surface area contributed by atoms with E-state index < -0.39 is 0 Å². The third-order valence-corrected chi connectivity index (χ3v) is 4.65. The molecule has 0 radical (unpaired) electrons. The summed E-state index contributed by atoms with van der Waals surface area (Å²) >= 11 is 0. The van der Waals surface area contributed by atoms with Gasteiger partial charge in [0.1, 0.15) is 0 Å². The number of nitrogens with one attached hydrogen (secondary N) is 1. The molecule has 1 aliphatic carbocycles. The maximum Gasteiger partial charge on any atom is 0.00133 e. The van der Waals surface area contributed by atoms with Crippen LogP contribution in [-0.2, 0) is 0 Å². The average Bonchev–Trinajstić information content (AvgIpc) is 2.46. The van der Waals surface area contributed by atoms with E-state index in [2.05, 4.69) is 38.2 Å². The maximum absolute atomic E-state index is 3.40. The first-order chi connectivity index (χ1) is 6.52. The van der Waals surface area contributed by atoms with Crippen LogP contribution in [0.4, 0.5) is 0 Å². The van der Waals surface area contributed by atoms with E-state index >= 15 is 0 Å². The van der Waals surface area contributed by atoms with E-state index in [4.69, 9.17) is 0 Å². The average molecular weight is 196 g/mol. The second-order valence-corrected chi connectivity index (χ2v) is 5.99. The van der Waals surface area contributed by atoms with Crippen molar-refractivity contribution in [3.8, 4) is 0 Å². The van der Waals surface area contributed by atoms with Crippen LogP contribution in [0, 0.1) is 16.7 Å². The minimum Gasteiger partial charge on any atom is -0.319 e. The SMILES string of the molecule is CNCC1(C2CCN(C)C2)CC1(C)C. The van der Waals surface area contributed by atoms with Gasteiger partial charge in [0, 0.05) is 13.1 Å². The lowest BCUT2D eigenvalue weighted by Gasteiger charge is -2.27. The molecule has 0 aromatic carbocycles. The Kier molecular flexibility index (Phi) is 2.39. The van der Waals surface area contributed by atoms with E-state index in [0.29, 0.717) is 10.8 Å². The summed E-state index contributed by atoms with van der Waals surface area (Å²) in [6.45, 7) is 8.68. The molecule has 1 heterocycles. The highest BCUT2D eigenvalue weighted by Gasteiger charge is 2.64. The van der Waals surface area contributed by atoms with Crippen LogP contribution in [0.2, 0.25) is 0 Å². The summed E-state index contributed by atoms with van der Waals surface area (Å²) in [6, 6.07) is 0. The molecule has 2 fully saturated rings. The zero-order chi connectivity index (χ0) is 10.4. The number of hydrogen-bond acceptors (Lipinski definition) is 2. The third kappa shape index (κ3) is 1.40. The van der Waals surface area contributed by atoms with Gasteiger partial charge in [0.2, 0.25) is 0 Å². The lowest BCUT2D eigenvalue weighted by molar-refractivity contribution is 0.238. The Morgan fingerprint density at radius 2 is 2.07 bits per heavy atom. The van der Waals surface area contributed by atoms with Gasteiger partial charge < -0.3 is 10.2 Å². The molecule has 2 aliphatic rings. The van der Waals surface area contributed by atoms with Crippen molar-refractivity contribution in [3.63, 3.8) is 0 Å². The molecule has 0 aromatic rings. The Bertz CT molecular complexity index is 224. The Balaban J connectivity index is 2.06. The predicted octanol–water partition coefficient (Wildman–Crippen LogP) is 1.57. The fraction of sp³-hybridized carbons (Fsp3) is 1.00. The van der Waals surface area contributed by atoms with Gasteiger partial charge in [0.25, 0.3) is 0 Å². The van der Waals surface area contributed by atoms with Crippen molar-refractivity contribution in [2.45, 2.75) is 26.7 Å². The van der Waals surface area contributed by atoms with Gasteiger partial charge in [-0.3, -0.25) is 0 Å². The van der Waals surface area contributed by atoms with Crippen LogP contribution >= 0.6 is 0 Å². The van der Waals surface area contributed by atoms with Gasteiger partial charge >= 0.3 is 0 Å². The van der Waals surface area contributed by atoms with E-state index in [0.717, 1.165) is 5.92 Å². The van der Waals surface area contributed by atoms with E-state index in [1.54, 1.807) is 0 Å². The summed E-state index contributed by atoms with van der Waals surface area (Å²) < 4.78 is 0. The molecule has 82 valence electrons. The van der Waals surface area contributed by atoms with Crippen LogP contribution in [0.25, 0.3) is 0 Å². The third-order valence-electron chi connectivity index (χ3n) is 4.65. The lowest BCUT2D eigenvalue weighted by Crippen LogP contribution is -2.33. The molecule has 2 unspecified atom stereocenters. The molecule has 1 N–H and O–H groups in total. The Hall–Kier alpha value is -0.0800. The van der Waals surface area contributed by atoms with Crippen molar-refractivity contribution < 1.29 is 0 Å². The van der Waals surface area contributed by atoms with Crippen LogP contribution in [-0.4, -0.2) is 38.6 Å². The van der Waals surface area contributed by atoms with Crippen LogP contribution in [0.1, 0.15) is 26.7 Å².